The van der Waals surface area contributed by atoms with E-state index in [1.165, 1.54) is 17.0 Å². The van der Waals surface area contributed by atoms with Gasteiger partial charge in [0.1, 0.15) is 11.6 Å². The first kappa shape index (κ1) is 22.8. The number of benzene rings is 2. The minimum absolute atomic E-state index is 0.150. The van der Waals surface area contributed by atoms with E-state index in [0.717, 1.165) is 35.7 Å². The highest BCUT2D eigenvalue weighted by Gasteiger charge is 2.39. The summed E-state index contributed by atoms with van der Waals surface area (Å²) in [6.07, 6.45) is 2.40. The molecule has 0 bridgehead atoms. The molecule has 176 valence electrons. The number of fused-ring (bicyclic) bond motifs is 3. The SMILES string of the molecule is C[C@@H]1Cc2c(ccc3c2cnn3C2CCCCO2)C(c2c(F)cc(Br)cc2F)N1CC(F)F. The monoisotopic (exact) mass is 525 g/mol. The average molecular weight is 526 g/mol. The van der Waals surface area contributed by atoms with E-state index in [4.69, 9.17) is 4.74 Å². The summed E-state index contributed by atoms with van der Waals surface area (Å²) >= 11 is 3.11. The third-order valence-electron chi connectivity index (χ3n) is 6.71. The molecule has 2 aliphatic heterocycles. The van der Waals surface area contributed by atoms with Crippen LogP contribution in [-0.4, -0.2) is 40.3 Å². The Hall–Kier alpha value is -1.97. The van der Waals surface area contributed by atoms with Gasteiger partial charge in [0.2, 0.25) is 0 Å². The number of ether oxygens (including phenoxy) is 1. The summed E-state index contributed by atoms with van der Waals surface area (Å²) in [5.41, 5.74) is 2.18. The highest BCUT2D eigenvalue weighted by molar-refractivity contribution is 9.10. The van der Waals surface area contributed by atoms with Crippen molar-refractivity contribution in [3.05, 3.63) is 63.3 Å². The van der Waals surface area contributed by atoms with Crippen molar-refractivity contribution in [1.29, 1.82) is 0 Å². The second-order valence-electron chi connectivity index (χ2n) is 8.80. The predicted molar refractivity (Wildman–Crippen MR) is 120 cm³/mol. The van der Waals surface area contributed by atoms with Crippen molar-refractivity contribution >= 4 is 26.8 Å². The van der Waals surface area contributed by atoms with Crippen LogP contribution >= 0.6 is 15.9 Å². The molecule has 3 aromatic rings. The van der Waals surface area contributed by atoms with Crippen molar-refractivity contribution in [2.75, 3.05) is 13.2 Å². The van der Waals surface area contributed by atoms with Crippen LogP contribution in [0.15, 0.2) is 34.9 Å². The third-order valence-corrected chi connectivity index (χ3v) is 7.17. The summed E-state index contributed by atoms with van der Waals surface area (Å²) in [5.74, 6) is -1.53. The Morgan fingerprint density at radius 3 is 2.61 bits per heavy atom. The molecule has 33 heavy (non-hydrogen) atoms. The molecule has 2 aliphatic rings. The molecule has 0 radical (unpaired) electrons. The van der Waals surface area contributed by atoms with E-state index in [9.17, 15) is 8.78 Å². The first-order valence-electron chi connectivity index (χ1n) is 11.1. The largest absolute Gasteiger partial charge is 0.356 e. The van der Waals surface area contributed by atoms with Gasteiger partial charge in [-0.05, 0) is 61.9 Å². The summed E-state index contributed by atoms with van der Waals surface area (Å²) in [7, 11) is 0. The Bertz CT molecular complexity index is 1150. The molecule has 0 amide bonds. The molecule has 4 nitrogen and oxygen atoms in total. The zero-order chi connectivity index (χ0) is 23.3. The Balaban J connectivity index is 1.68. The molecule has 0 spiro atoms. The molecular formula is C24H24BrF4N3O. The van der Waals surface area contributed by atoms with Gasteiger partial charge in [-0.3, -0.25) is 4.90 Å². The smallest absolute Gasteiger partial charge is 0.251 e. The van der Waals surface area contributed by atoms with E-state index < -0.39 is 30.6 Å². The number of aromatic nitrogens is 2. The zero-order valence-electron chi connectivity index (χ0n) is 18.1. The molecule has 1 fully saturated rings. The van der Waals surface area contributed by atoms with Crippen molar-refractivity contribution in [3.63, 3.8) is 0 Å². The van der Waals surface area contributed by atoms with Gasteiger partial charge in [-0.25, -0.2) is 22.2 Å². The van der Waals surface area contributed by atoms with Crippen LogP contribution in [0.5, 0.6) is 0 Å². The normalized spacial score (nSPS) is 23.9. The van der Waals surface area contributed by atoms with Gasteiger partial charge in [0.25, 0.3) is 6.43 Å². The maximum atomic E-state index is 15.1. The minimum Gasteiger partial charge on any atom is -0.356 e. The van der Waals surface area contributed by atoms with Crippen molar-refractivity contribution < 1.29 is 22.3 Å². The molecule has 3 heterocycles. The standard InChI is InChI=1S/C24H24BrF4N3O/c1-13-8-16-15(5-6-20-17(16)11-30-32(20)22-4-2-3-7-33-22)24(31(13)12-21(28)29)23-18(26)9-14(25)10-19(23)27/h5-6,9-11,13,21-22,24H,2-4,7-8,12H2,1H3/t13-,22?,24?/m1/s1. The van der Waals surface area contributed by atoms with Crippen LogP contribution < -0.4 is 0 Å². The van der Waals surface area contributed by atoms with Crippen LogP contribution in [0.25, 0.3) is 10.9 Å². The fraction of sp³-hybridized carbons (Fsp3) is 0.458. The summed E-state index contributed by atoms with van der Waals surface area (Å²) in [6.45, 7) is 1.93. The summed E-state index contributed by atoms with van der Waals surface area (Å²) in [5, 5.41) is 5.44. The summed E-state index contributed by atoms with van der Waals surface area (Å²) in [6, 6.07) is 4.69. The van der Waals surface area contributed by atoms with Gasteiger partial charge in [0, 0.05) is 28.1 Å². The first-order chi connectivity index (χ1) is 15.8. The van der Waals surface area contributed by atoms with E-state index in [-0.39, 0.29) is 22.3 Å². The van der Waals surface area contributed by atoms with Crippen LogP contribution in [0.4, 0.5) is 17.6 Å². The Morgan fingerprint density at radius 1 is 1.18 bits per heavy atom. The molecule has 0 aliphatic carbocycles. The van der Waals surface area contributed by atoms with Gasteiger partial charge in [0.05, 0.1) is 24.3 Å². The summed E-state index contributed by atoms with van der Waals surface area (Å²) in [4.78, 5) is 1.50. The van der Waals surface area contributed by atoms with Gasteiger partial charge >= 0.3 is 0 Å². The topological polar surface area (TPSA) is 30.3 Å². The van der Waals surface area contributed by atoms with Crippen LogP contribution in [0.1, 0.15) is 55.1 Å². The molecule has 5 rings (SSSR count). The third kappa shape index (κ3) is 4.08. The van der Waals surface area contributed by atoms with E-state index in [0.29, 0.717) is 18.6 Å². The molecule has 9 heteroatoms. The summed E-state index contributed by atoms with van der Waals surface area (Å²) < 4.78 is 65.2. The fourth-order valence-electron chi connectivity index (χ4n) is 5.25. The van der Waals surface area contributed by atoms with Crippen LogP contribution in [0, 0.1) is 11.6 Å². The first-order valence-corrected chi connectivity index (χ1v) is 11.9. The van der Waals surface area contributed by atoms with Crippen molar-refractivity contribution in [2.45, 2.75) is 57.3 Å². The lowest BCUT2D eigenvalue weighted by atomic mass is 9.83. The van der Waals surface area contributed by atoms with Gasteiger partial charge in [0.15, 0.2) is 6.23 Å². The number of nitrogens with zero attached hydrogens (tertiary/aromatic N) is 3. The maximum absolute atomic E-state index is 15.1. The lowest BCUT2D eigenvalue weighted by Crippen LogP contribution is -2.45. The van der Waals surface area contributed by atoms with Crippen LogP contribution in [0.3, 0.4) is 0 Å². The molecule has 3 atom stereocenters. The lowest BCUT2D eigenvalue weighted by molar-refractivity contribution is -0.0366. The average Bonchev–Trinajstić information content (AvgIpc) is 3.20. The van der Waals surface area contributed by atoms with Gasteiger partial charge < -0.3 is 4.74 Å². The number of rotatable bonds is 4. The number of hydrogen-bond acceptors (Lipinski definition) is 3. The van der Waals surface area contributed by atoms with Crippen LogP contribution in [-0.2, 0) is 11.2 Å². The highest BCUT2D eigenvalue weighted by atomic mass is 79.9. The van der Waals surface area contributed by atoms with Crippen molar-refractivity contribution in [3.8, 4) is 0 Å². The predicted octanol–water partition coefficient (Wildman–Crippen LogP) is 6.38. The molecule has 1 saturated heterocycles. The second-order valence-corrected chi connectivity index (χ2v) is 9.72. The van der Waals surface area contributed by atoms with E-state index in [1.54, 1.807) is 12.3 Å². The van der Waals surface area contributed by atoms with Crippen LogP contribution in [0.2, 0.25) is 0 Å². The molecular weight excluding hydrogens is 502 g/mol. The number of alkyl halides is 2. The van der Waals surface area contributed by atoms with Crippen molar-refractivity contribution in [1.82, 2.24) is 14.7 Å². The van der Waals surface area contributed by atoms with Gasteiger partial charge in [-0.15, -0.1) is 0 Å². The van der Waals surface area contributed by atoms with Crippen molar-refractivity contribution in [2.24, 2.45) is 0 Å². The number of hydrogen-bond donors (Lipinski definition) is 0. The Labute approximate surface area is 197 Å². The Kier molecular flexibility index (Phi) is 6.22. The molecule has 2 aromatic carbocycles. The van der Waals surface area contributed by atoms with E-state index in [2.05, 4.69) is 21.0 Å². The number of halogens is 5. The van der Waals surface area contributed by atoms with Gasteiger partial charge in [-0.1, -0.05) is 22.0 Å². The Morgan fingerprint density at radius 2 is 1.94 bits per heavy atom. The minimum atomic E-state index is -2.63. The lowest BCUT2D eigenvalue weighted by Gasteiger charge is -2.42. The second kappa shape index (κ2) is 9.00. The zero-order valence-corrected chi connectivity index (χ0v) is 19.7. The quantitative estimate of drug-likeness (QED) is 0.370. The van der Waals surface area contributed by atoms with E-state index in [1.807, 2.05) is 17.7 Å². The maximum Gasteiger partial charge on any atom is 0.251 e. The van der Waals surface area contributed by atoms with E-state index >= 15 is 8.78 Å². The molecule has 0 saturated carbocycles. The molecule has 0 N–H and O–H groups in total. The fourth-order valence-corrected chi connectivity index (χ4v) is 5.65. The van der Waals surface area contributed by atoms with Gasteiger partial charge in [-0.2, -0.15) is 5.10 Å². The highest BCUT2D eigenvalue weighted by Crippen LogP contribution is 2.43. The molecule has 2 unspecified atom stereocenters. The molecule has 1 aromatic heterocycles.